The highest BCUT2D eigenvalue weighted by Gasteiger charge is 2.10. The van der Waals surface area contributed by atoms with Gasteiger partial charge in [-0.3, -0.25) is 0 Å². The molecule has 10 heavy (non-hydrogen) atoms. The van der Waals surface area contributed by atoms with Gasteiger partial charge in [-0.2, -0.15) is 0 Å². The standard InChI is InChI=1S/C6H14N2O2/c1-4-10-5(2)8(3)6(7)9/h5H,4H2,1-3H3,(H2,7,9). The Labute approximate surface area is 60.9 Å². The molecule has 0 spiro atoms. The van der Waals surface area contributed by atoms with E-state index in [0.29, 0.717) is 6.61 Å². The summed E-state index contributed by atoms with van der Waals surface area (Å²) < 4.78 is 5.09. The number of carbonyl (C=O) groups is 1. The van der Waals surface area contributed by atoms with Crippen LogP contribution in [-0.2, 0) is 4.74 Å². The van der Waals surface area contributed by atoms with Crippen molar-refractivity contribution in [1.29, 1.82) is 0 Å². The summed E-state index contributed by atoms with van der Waals surface area (Å²) >= 11 is 0. The van der Waals surface area contributed by atoms with Crippen molar-refractivity contribution in [3.05, 3.63) is 0 Å². The predicted molar refractivity (Wildman–Crippen MR) is 38.4 cm³/mol. The van der Waals surface area contributed by atoms with Gasteiger partial charge in [-0.15, -0.1) is 0 Å². The number of rotatable bonds is 3. The van der Waals surface area contributed by atoms with E-state index in [1.807, 2.05) is 6.92 Å². The van der Waals surface area contributed by atoms with E-state index in [-0.39, 0.29) is 6.23 Å². The number of carbonyl (C=O) groups excluding carboxylic acids is 1. The van der Waals surface area contributed by atoms with E-state index in [2.05, 4.69) is 0 Å². The van der Waals surface area contributed by atoms with E-state index in [1.54, 1.807) is 14.0 Å². The number of ether oxygens (including phenoxy) is 1. The minimum atomic E-state index is -0.471. The maximum Gasteiger partial charge on any atom is 0.316 e. The lowest BCUT2D eigenvalue weighted by molar-refractivity contribution is -0.00632. The van der Waals surface area contributed by atoms with Crippen LogP contribution in [0.25, 0.3) is 0 Å². The highest BCUT2D eigenvalue weighted by Crippen LogP contribution is 1.95. The molecule has 0 fully saturated rings. The number of hydrogen-bond acceptors (Lipinski definition) is 2. The van der Waals surface area contributed by atoms with Gasteiger partial charge in [-0.05, 0) is 13.8 Å². The summed E-state index contributed by atoms with van der Waals surface area (Å²) in [6.07, 6.45) is -0.234. The van der Waals surface area contributed by atoms with Crippen LogP contribution in [0.3, 0.4) is 0 Å². The molecule has 1 atom stereocenters. The van der Waals surface area contributed by atoms with E-state index in [4.69, 9.17) is 10.5 Å². The molecule has 0 radical (unpaired) electrons. The van der Waals surface area contributed by atoms with Crippen molar-refractivity contribution >= 4 is 6.03 Å². The van der Waals surface area contributed by atoms with Crippen LogP contribution in [0.2, 0.25) is 0 Å². The Morgan fingerprint density at radius 1 is 1.80 bits per heavy atom. The summed E-state index contributed by atoms with van der Waals surface area (Å²) in [5, 5.41) is 0. The molecule has 0 aromatic heterocycles. The van der Waals surface area contributed by atoms with Crippen molar-refractivity contribution in [1.82, 2.24) is 4.90 Å². The number of hydrogen-bond donors (Lipinski definition) is 1. The van der Waals surface area contributed by atoms with Gasteiger partial charge in [0.1, 0.15) is 6.23 Å². The van der Waals surface area contributed by atoms with Crippen LogP contribution >= 0.6 is 0 Å². The van der Waals surface area contributed by atoms with Crippen molar-refractivity contribution in [2.75, 3.05) is 13.7 Å². The molecule has 1 unspecified atom stereocenters. The Hall–Kier alpha value is -0.770. The average molecular weight is 146 g/mol. The Bertz CT molecular complexity index is 116. The second kappa shape index (κ2) is 4.11. The molecule has 0 saturated heterocycles. The Kier molecular flexibility index (Phi) is 3.79. The molecule has 0 aliphatic carbocycles. The molecule has 4 heteroatoms. The van der Waals surface area contributed by atoms with Crippen LogP contribution in [0, 0.1) is 0 Å². The van der Waals surface area contributed by atoms with Crippen LogP contribution in [0.15, 0.2) is 0 Å². The van der Waals surface area contributed by atoms with E-state index >= 15 is 0 Å². The van der Waals surface area contributed by atoms with Crippen molar-refractivity contribution in [2.24, 2.45) is 5.73 Å². The molecule has 0 aromatic rings. The first kappa shape index (κ1) is 9.23. The Morgan fingerprint density at radius 2 is 2.30 bits per heavy atom. The number of nitrogens with two attached hydrogens (primary N) is 1. The topological polar surface area (TPSA) is 55.6 Å². The van der Waals surface area contributed by atoms with E-state index < -0.39 is 6.03 Å². The maximum atomic E-state index is 10.5. The number of amides is 2. The summed E-state index contributed by atoms with van der Waals surface area (Å²) in [4.78, 5) is 11.8. The molecule has 0 aliphatic heterocycles. The molecule has 2 amide bonds. The van der Waals surface area contributed by atoms with Crippen LogP contribution in [0.1, 0.15) is 13.8 Å². The lowest BCUT2D eigenvalue weighted by Gasteiger charge is -2.21. The van der Waals surface area contributed by atoms with Gasteiger partial charge in [0.2, 0.25) is 0 Å². The summed E-state index contributed by atoms with van der Waals surface area (Å²) in [5.41, 5.74) is 4.97. The molecule has 0 aliphatic rings. The molecule has 0 heterocycles. The molecule has 0 rings (SSSR count). The number of nitrogens with zero attached hydrogens (tertiary/aromatic N) is 1. The van der Waals surface area contributed by atoms with Gasteiger partial charge in [0.25, 0.3) is 0 Å². The van der Waals surface area contributed by atoms with E-state index in [0.717, 1.165) is 0 Å². The predicted octanol–water partition coefficient (Wildman–Crippen LogP) is 0.379. The lowest BCUT2D eigenvalue weighted by Crippen LogP contribution is -2.40. The first-order valence-electron chi connectivity index (χ1n) is 3.23. The smallest absolute Gasteiger partial charge is 0.316 e. The SMILES string of the molecule is CCOC(C)N(C)C(N)=O. The zero-order valence-electron chi connectivity index (χ0n) is 6.63. The first-order valence-corrected chi connectivity index (χ1v) is 3.23. The third-order valence-electron chi connectivity index (χ3n) is 1.30. The van der Waals surface area contributed by atoms with Gasteiger partial charge in [0.05, 0.1) is 0 Å². The van der Waals surface area contributed by atoms with E-state index in [1.165, 1.54) is 4.90 Å². The monoisotopic (exact) mass is 146 g/mol. The van der Waals surface area contributed by atoms with Crippen LogP contribution in [0.4, 0.5) is 4.79 Å². The largest absolute Gasteiger partial charge is 0.359 e. The van der Waals surface area contributed by atoms with Gasteiger partial charge in [-0.1, -0.05) is 0 Å². The molecule has 0 bridgehead atoms. The van der Waals surface area contributed by atoms with Crippen LogP contribution < -0.4 is 5.73 Å². The van der Waals surface area contributed by atoms with Crippen LogP contribution in [-0.4, -0.2) is 30.8 Å². The van der Waals surface area contributed by atoms with Gasteiger partial charge in [0, 0.05) is 13.7 Å². The molecule has 0 saturated carbocycles. The second-order valence-electron chi connectivity index (χ2n) is 2.00. The molecule has 60 valence electrons. The van der Waals surface area contributed by atoms with Gasteiger partial charge in [-0.25, -0.2) is 4.79 Å². The van der Waals surface area contributed by atoms with Gasteiger partial charge >= 0.3 is 6.03 Å². The third kappa shape index (κ3) is 2.68. The summed E-state index contributed by atoms with van der Waals surface area (Å²) in [5.74, 6) is 0. The Balaban J connectivity index is 3.69. The highest BCUT2D eigenvalue weighted by molar-refractivity contribution is 5.71. The Morgan fingerprint density at radius 3 is 2.60 bits per heavy atom. The molecule has 0 aromatic carbocycles. The van der Waals surface area contributed by atoms with Crippen molar-refractivity contribution in [3.8, 4) is 0 Å². The zero-order valence-corrected chi connectivity index (χ0v) is 6.63. The fourth-order valence-corrected chi connectivity index (χ4v) is 0.532. The van der Waals surface area contributed by atoms with Gasteiger partial charge in [0.15, 0.2) is 0 Å². The minimum Gasteiger partial charge on any atom is -0.359 e. The summed E-state index contributed by atoms with van der Waals surface area (Å²) in [7, 11) is 1.60. The van der Waals surface area contributed by atoms with Gasteiger partial charge < -0.3 is 15.4 Å². The fraction of sp³-hybridized carbons (Fsp3) is 0.833. The second-order valence-corrected chi connectivity index (χ2v) is 2.00. The summed E-state index contributed by atoms with van der Waals surface area (Å²) in [6.45, 7) is 4.22. The number of urea groups is 1. The van der Waals surface area contributed by atoms with Crippen molar-refractivity contribution in [3.63, 3.8) is 0 Å². The van der Waals surface area contributed by atoms with E-state index in [9.17, 15) is 4.79 Å². The van der Waals surface area contributed by atoms with Crippen molar-refractivity contribution < 1.29 is 9.53 Å². The highest BCUT2D eigenvalue weighted by atomic mass is 16.5. The lowest BCUT2D eigenvalue weighted by atomic mass is 10.5. The average Bonchev–Trinajstić information content (AvgIpc) is 1.87. The molecule has 2 N–H and O–H groups in total. The zero-order chi connectivity index (χ0) is 8.15. The van der Waals surface area contributed by atoms with Crippen LogP contribution in [0.5, 0.6) is 0 Å². The number of primary amides is 1. The maximum absolute atomic E-state index is 10.5. The minimum absolute atomic E-state index is 0.234. The third-order valence-corrected chi connectivity index (χ3v) is 1.30. The first-order chi connectivity index (χ1) is 4.59. The normalized spacial score (nSPS) is 12.7. The molecular weight excluding hydrogens is 132 g/mol. The molecular formula is C6H14N2O2. The van der Waals surface area contributed by atoms with Crippen molar-refractivity contribution in [2.45, 2.75) is 20.1 Å². The molecule has 4 nitrogen and oxygen atoms in total. The fourth-order valence-electron chi connectivity index (χ4n) is 0.532. The quantitative estimate of drug-likeness (QED) is 0.585. The summed E-state index contributed by atoms with van der Waals surface area (Å²) in [6, 6.07) is -0.471.